The van der Waals surface area contributed by atoms with Gasteiger partial charge >= 0.3 is 0 Å². The van der Waals surface area contributed by atoms with Crippen LogP contribution in [0.1, 0.15) is 47.7 Å². The molecular weight excluding hydrogens is 376 g/mol. The number of ketones is 1. The molecule has 0 radical (unpaired) electrons. The van der Waals surface area contributed by atoms with E-state index in [4.69, 9.17) is 4.74 Å². The maximum absolute atomic E-state index is 12.5. The van der Waals surface area contributed by atoms with E-state index in [-0.39, 0.29) is 11.7 Å². The van der Waals surface area contributed by atoms with Crippen LogP contribution in [0.2, 0.25) is 0 Å². The van der Waals surface area contributed by atoms with Gasteiger partial charge in [-0.2, -0.15) is 0 Å². The highest BCUT2D eigenvalue weighted by molar-refractivity contribution is 5.96. The van der Waals surface area contributed by atoms with Crippen LogP contribution in [0.15, 0.2) is 48.5 Å². The largest absolute Gasteiger partial charge is 0.484 e. The fourth-order valence-corrected chi connectivity index (χ4v) is 4.65. The lowest BCUT2D eigenvalue weighted by atomic mass is 9.91. The maximum Gasteiger partial charge on any atom is 0.219 e. The lowest BCUT2D eigenvalue weighted by molar-refractivity contribution is -0.133. The van der Waals surface area contributed by atoms with Gasteiger partial charge in [-0.15, -0.1) is 0 Å². The van der Waals surface area contributed by atoms with Crippen LogP contribution in [0, 0.1) is 6.92 Å². The fraction of sp³-hybridized carbons (Fsp3) is 0.440. The number of hydrogen-bond acceptors (Lipinski definition) is 4. The zero-order chi connectivity index (χ0) is 21.1. The Hall–Kier alpha value is -2.66. The number of amides is 1. The lowest BCUT2D eigenvalue weighted by Crippen LogP contribution is -2.57. The van der Waals surface area contributed by atoms with Crippen molar-refractivity contribution in [1.82, 2.24) is 9.80 Å². The quantitative estimate of drug-likeness (QED) is 0.724. The predicted octanol–water partition coefficient (Wildman–Crippen LogP) is 3.84. The summed E-state index contributed by atoms with van der Waals surface area (Å²) < 4.78 is 6.62. The van der Waals surface area contributed by atoms with Crippen molar-refractivity contribution in [2.45, 2.75) is 45.3 Å². The second kappa shape index (κ2) is 8.60. The number of fused-ring (bicyclic) bond motifs is 1. The number of Topliss-reactive ketones (excluding diaryl/α,β-unsaturated/α-hetero) is 1. The summed E-state index contributed by atoms with van der Waals surface area (Å²) in [7, 11) is 0. The molecule has 4 rings (SSSR count). The van der Waals surface area contributed by atoms with Crippen molar-refractivity contribution in [2.24, 2.45) is 0 Å². The van der Waals surface area contributed by atoms with Gasteiger partial charge < -0.3 is 9.64 Å². The number of carbonyl (C=O) groups excluding carboxylic acids is 2. The molecule has 1 saturated heterocycles. The Kier molecular flexibility index (Phi) is 5.91. The normalized spacial score (nSPS) is 21.6. The minimum Gasteiger partial charge on any atom is -0.484 e. The summed E-state index contributed by atoms with van der Waals surface area (Å²) in [5.74, 6) is 1.12. The zero-order valence-corrected chi connectivity index (χ0v) is 17.9. The summed E-state index contributed by atoms with van der Waals surface area (Å²) in [5.41, 5.74) is 2.57. The molecule has 0 aromatic heterocycles. The summed E-state index contributed by atoms with van der Waals surface area (Å²) in [4.78, 5) is 29.1. The number of benzene rings is 2. The number of nitrogens with zero attached hydrogens (tertiary/aromatic N) is 2. The standard InChI is InChI=1S/C25H30N2O3/c1-19-9-10-24-22(15-19)16-27(20(2)28)18-25(30-24)12-6-13-26(17-25)14-11-23(29)21-7-4-3-5-8-21/h3-5,7-10,15H,6,11-14,16-18H2,1-2H3. The SMILES string of the molecule is CC(=O)N1Cc2cc(C)ccc2OC2(CCCN(CCC(=O)c3ccccc3)C2)C1. The molecule has 1 fully saturated rings. The van der Waals surface area contributed by atoms with Crippen LogP contribution in [-0.2, 0) is 11.3 Å². The fourth-order valence-electron chi connectivity index (χ4n) is 4.65. The van der Waals surface area contributed by atoms with E-state index in [1.807, 2.05) is 41.3 Å². The highest BCUT2D eigenvalue weighted by Gasteiger charge is 2.42. The van der Waals surface area contributed by atoms with Crippen molar-refractivity contribution < 1.29 is 14.3 Å². The Labute approximate surface area is 178 Å². The van der Waals surface area contributed by atoms with Crippen LogP contribution >= 0.6 is 0 Å². The van der Waals surface area contributed by atoms with Crippen molar-refractivity contribution in [3.63, 3.8) is 0 Å². The molecule has 0 N–H and O–H groups in total. The van der Waals surface area contributed by atoms with Crippen LogP contribution in [0.5, 0.6) is 5.75 Å². The second-order valence-electron chi connectivity index (χ2n) is 8.69. The molecule has 2 aromatic carbocycles. The molecule has 5 heteroatoms. The molecule has 1 atom stereocenters. The van der Waals surface area contributed by atoms with Crippen LogP contribution < -0.4 is 4.74 Å². The van der Waals surface area contributed by atoms with Crippen molar-refractivity contribution in [3.8, 4) is 5.75 Å². The Morgan fingerprint density at radius 3 is 2.67 bits per heavy atom. The summed E-state index contributed by atoms with van der Waals surface area (Å²) in [5, 5.41) is 0. The highest BCUT2D eigenvalue weighted by Crippen LogP contribution is 2.35. The van der Waals surface area contributed by atoms with E-state index in [9.17, 15) is 9.59 Å². The number of ether oxygens (including phenoxy) is 1. The van der Waals surface area contributed by atoms with E-state index in [1.54, 1.807) is 6.92 Å². The van der Waals surface area contributed by atoms with Crippen molar-refractivity contribution in [1.29, 1.82) is 0 Å². The third-order valence-electron chi connectivity index (χ3n) is 6.20. The summed E-state index contributed by atoms with van der Waals surface area (Å²) >= 11 is 0. The summed E-state index contributed by atoms with van der Waals surface area (Å²) in [6.07, 6.45) is 2.39. The third-order valence-corrected chi connectivity index (χ3v) is 6.20. The van der Waals surface area contributed by atoms with Crippen LogP contribution in [-0.4, -0.2) is 53.3 Å². The number of likely N-dealkylation sites (tertiary alicyclic amines) is 1. The molecule has 158 valence electrons. The molecule has 2 aliphatic heterocycles. The lowest BCUT2D eigenvalue weighted by Gasteiger charge is -2.43. The predicted molar refractivity (Wildman–Crippen MR) is 117 cm³/mol. The van der Waals surface area contributed by atoms with Crippen LogP contribution in [0.25, 0.3) is 0 Å². The van der Waals surface area contributed by atoms with Gasteiger partial charge in [0.05, 0.1) is 6.54 Å². The van der Waals surface area contributed by atoms with Crippen LogP contribution in [0.3, 0.4) is 0 Å². The van der Waals surface area contributed by atoms with Crippen molar-refractivity contribution >= 4 is 11.7 Å². The van der Waals surface area contributed by atoms with Gasteiger partial charge in [0.25, 0.3) is 0 Å². The van der Waals surface area contributed by atoms with Crippen LogP contribution in [0.4, 0.5) is 0 Å². The van der Waals surface area contributed by atoms with Crippen molar-refractivity contribution in [2.75, 3.05) is 26.2 Å². The van der Waals surface area contributed by atoms with Gasteiger partial charge in [0.15, 0.2) is 5.78 Å². The Balaban J connectivity index is 1.50. The highest BCUT2D eigenvalue weighted by atomic mass is 16.5. The Bertz CT molecular complexity index is 927. The molecule has 1 amide bonds. The maximum atomic E-state index is 12.5. The Morgan fingerprint density at radius 2 is 1.90 bits per heavy atom. The van der Waals surface area contributed by atoms with E-state index in [1.165, 1.54) is 5.56 Å². The number of carbonyl (C=O) groups is 2. The molecule has 2 aliphatic rings. The van der Waals surface area contributed by atoms with Gasteiger partial charge in [-0.25, -0.2) is 0 Å². The van der Waals surface area contributed by atoms with Crippen molar-refractivity contribution in [3.05, 3.63) is 65.2 Å². The smallest absolute Gasteiger partial charge is 0.219 e. The first-order chi connectivity index (χ1) is 14.4. The second-order valence-corrected chi connectivity index (χ2v) is 8.69. The molecular formula is C25H30N2O3. The topological polar surface area (TPSA) is 49.9 Å². The molecule has 5 nitrogen and oxygen atoms in total. The molecule has 0 saturated carbocycles. The summed E-state index contributed by atoms with van der Waals surface area (Å²) in [6.45, 7) is 7.25. The zero-order valence-electron chi connectivity index (χ0n) is 17.9. The van der Waals surface area contributed by atoms with Gasteiger partial charge in [0.1, 0.15) is 11.4 Å². The minimum absolute atomic E-state index is 0.0729. The molecule has 1 unspecified atom stereocenters. The number of aryl methyl sites for hydroxylation is 1. The first-order valence-corrected chi connectivity index (χ1v) is 10.8. The van der Waals surface area contributed by atoms with Gasteiger partial charge in [-0.05, 0) is 32.4 Å². The van der Waals surface area contributed by atoms with Gasteiger partial charge in [0.2, 0.25) is 5.91 Å². The third kappa shape index (κ3) is 4.57. The Morgan fingerprint density at radius 1 is 1.10 bits per heavy atom. The monoisotopic (exact) mass is 406 g/mol. The van der Waals surface area contributed by atoms with E-state index in [0.717, 1.165) is 42.8 Å². The first-order valence-electron chi connectivity index (χ1n) is 10.8. The van der Waals surface area contributed by atoms with E-state index < -0.39 is 5.60 Å². The molecule has 2 heterocycles. The van der Waals surface area contributed by atoms with Gasteiger partial charge in [0, 0.05) is 44.1 Å². The molecule has 1 spiro atoms. The van der Waals surface area contributed by atoms with Gasteiger partial charge in [-0.3, -0.25) is 14.5 Å². The van der Waals surface area contributed by atoms with E-state index in [2.05, 4.69) is 24.0 Å². The molecule has 0 bridgehead atoms. The molecule has 2 aromatic rings. The summed E-state index contributed by atoms with van der Waals surface area (Å²) in [6, 6.07) is 15.7. The average Bonchev–Trinajstić information content (AvgIpc) is 2.89. The number of hydrogen-bond donors (Lipinski definition) is 0. The van der Waals surface area contributed by atoms with E-state index in [0.29, 0.717) is 26.1 Å². The van der Waals surface area contributed by atoms with Gasteiger partial charge in [-0.1, -0.05) is 48.0 Å². The average molecular weight is 407 g/mol. The molecule has 30 heavy (non-hydrogen) atoms. The number of rotatable bonds is 4. The minimum atomic E-state index is -0.430. The first kappa shape index (κ1) is 20.6. The number of piperidine rings is 1. The molecule has 0 aliphatic carbocycles. The van der Waals surface area contributed by atoms with E-state index >= 15 is 0 Å².